The summed E-state index contributed by atoms with van der Waals surface area (Å²) in [5.74, 6) is 0.727. The second-order valence-electron chi connectivity index (χ2n) is 11.6. The maximum absolute atomic E-state index is 12.7. The smallest absolute Gasteiger partial charge is 0.444 e. The van der Waals surface area contributed by atoms with Crippen molar-refractivity contribution in [2.75, 3.05) is 11.0 Å². The highest BCUT2D eigenvalue weighted by Crippen LogP contribution is 2.36. The molecule has 0 radical (unpaired) electrons. The standard InChI is InChI=1S/C28H37BIN3O4/c1-26(2,3)35-25(34)33(14-8-13-30)18-24-31-17-23(32-24)21-10-9-20-16-22(12-11-19(20)15-21)29-36-27(4,5)28(6,7)37-29/h9-12,15-17H,8,13-14,18H2,1-7H3,(H,31,32). The summed E-state index contributed by atoms with van der Waals surface area (Å²) in [5, 5.41) is 2.23. The summed E-state index contributed by atoms with van der Waals surface area (Å²) in [5.41, 5.74) is 1.67. The fourth-order valence-electron chi connectivity index (χ4n) is 4.14. The van der Waals surface area contributed by atoms with E-state index >= 15 is 0 Å². The van der Waals surface area contributed by atoms with Gasteiger partial charge in [-0.05, 0) is 77.2 Å². The molecule has 2 aromatic carbocycles. The van der Waals surface area contributed by atoms with Gasteiger partial charge in [0.05, 0.1) is 29.6 Å². The van der Waals surface area contributed by atoms with E-state index < -0.39 is 5.60 Å². The van der Waals surface area contributed by atoms with E-state index in [9.17, 15) is 4.79 Å². The Kier molecular flexibility index (Phi) is 7.98. The number of nitrogens with zero attached hydrogens (tertiary/aromatic N) is 2. The molecule has 1 fully saturated rings. The van der Waals surface area contributed by atoms with Crippen LogP contribution in [0.4, 0.5) is 4.79 Å². The van der Waals surface area contributed by atoms with Gasteiger partial charge < -0.3 is 23.9 Å². The van der Waals surface area contributed by atoms with E-state index in [0.29, 0.717) is 13.1 Å². The largest absolute Gasteiger partial charge is 0.494 e. The number of alkyl halides is 1. The molecule has 0 unspecified atom stereocenters. The number of aromatic nitrogens is 2. The van der Waals surface area contributed by atoms with Gasteiger partial charge in [-0.2, -0.15) is 0 Å². The molecule has 9 heteroatoms. The Morgan fingerprint density at radius 1 is 1.08 bits per heavy atom. The minimum Gasteiger partial charge on any atom is -0.444 e. The fraction of sp³-hybridized carbons (Fsp3) is 0.500. The number of hydrogen-bond donors (Lipinski definition) is 1. The van der Waals surface area contributed by atoms with E-state index in [4.69, 9.17) is 14.0 Å². The first-order valence-corrected chi connectivity index (χ1v) is 14.3. The number of hydrogen-bond acceptors (Lipinski definition) is 5. The van der Waals surface area contributed by atoms with Gasteiger partial charge in [-0.3, -0.25) is 0 Å². The average molecular weight is 617 g/mol. The summed E-state index contributed by atoms with van der Waals surface area (Å²) in [7, 11) is -0.385. The number of carbonyl (C=O) groups excluding carboxylic acids is 1. The van der Waals surface area contributed by atoms with Crippen LogP contribution in [0, 0.1) is 0 Å². The number of carbonyl (C=O) groups is 1. The number of rotatable bonds is 7. The third-order valence-corrected chi connectivity index (χ3v) is 7.65. The summed E-state index contributed by atoms with van der Waals surface area (Å²) >= 11 is 2.32. The maximum Gasteiger partial charge on any atom is 0.494 e. The lowest BCUT2D eigenvalue weighted by Crippen LogP contribution is -2.41. The van der Waals surface area contributed by atoms with E-state index in [1.165, 1.54) is 0 Å². The second kappa shape index (κ2) is 10.6. The molecule has 0 aliphatic carbocycles. The Morgan fingerprint density at radius 2 is 1.73 bits per heavy atom. The van der Waals surface area contributed by atoms with Gasteiger partial charge >= 0.3 is 13.2 Å². The third-order valence-electron chi connectivity index (χ3n) is 6.88. The molecule has 1 aliphatic heterocycles. The Balaban J connectivity index is 1.51. The number of benzene rings is 2. The zero-order valence-corrected chi connectivity index (χ0v) is 25.0. The third kappa shape index (κ3) is 6.49. The molecule has 0 bridgehead atoms. The molecule has 1 saturated heterocycles. The van der Waals surface area contributed by atoms with E-state index in [1.54, 1.807) is 4.90 Å². The molecule has 4 rings (SSSR count). The van der Waals surface area contributed by atoms with Crippen LogP contribution in [-0.4, -0.2) is 55.9 Å². The number of ether oxygens (including phenoxy) is 1. The number of nitrogens with one attached hydrogen (secondary N) is 1. The summed E-state index contributed by atoms with van der Waals surface area (Å²) in [6, 6.07) is 12.6. The van der Waals surface area contributed by atoms with Crippen LogP contribution in [0.15, 0.2) is 42.6 Å². The molecule has 1 aliphatic rings. The van der Waals surface area contributed by atoms with Crippen LogP contribution in [-0.2, 0) is 20.6 Å². The fourth-order valence-corrected chi connectivity index (χ4v) is 4.48. The molecule has 198 valence electrons. The van der Waals surface area contributed by atoms with Crippen molar-refractivity contribution in [3.05, 3.63) is 48.4 Å². The number of halogens is 1. The summed E-state index contributed by atoms with van der Waals surface area (Å²) in [6.07, 6.45) is 2.39. The Bertz CT molecular complexity index is 1250. The quantitative estimate of drug-likeness (QED) is 0.197. The molecular formula is C28H37BIN3O4. The zero-order chi connectivity index (χ0) is 27.0. The van der Waals surface area contributed by atoms with E-state index in [-0.39, 0.29) is 24.4 Å². The minimum absolute atomic E-state index is 0.321. The van der Waals surface area contributed by atoms with Crippen LogP contribution in [0.25, 0.3) is 22.0 Å². The topological polar surface area (TPSA) is 76.7 Å². The van der Waals surface area contributed by atoms with Crippen molar-refractivity contribution < 1.29 is 18.8 Å². The number of fused-ring (bicyclic) bond motifs is 1. The lowest BCUT2D eigenvalue weighted by molar-refractivity contribution is 0.00578. The zero-order valence-electron chi connectivity index (χ0n) is 22.9. The lowest BCUT2D eigenvalue weighted by atomic mass is 9.78. The van der Waals surface area contributed by atoms with Crippen LogP contribution < -0.4 is 5.46 Å². The number of aromatic amines is 1. The number of amides is 1. The summed E-state index contributed by atoms with van der Waals surface area (Å²) in [6.45, 7) is 14.9. The first-order valence-electron chi connectivity index (χ1n) is 12.8. The average Bonchev–Trinajstić information content (AvgIpc) is 3.35. The predicted molar refractivity (Wildman–Crippen MR) is 157 cm³/mol. The highest BCUT2D eigenvalue weighted by molar-refractivity contribution is 14.1. The van der Waals surface area contributed by atoms with Crippen LogP contribution in [0.2, 0.25) is 0 Å². The van der Waals surface area contributed by atoms with Gasteiger partial charge in [-0.1, -0.05) is 52.9 Å². The van der Waals surface area contributed by atoms with E-state index in [2.05, 4.69) is 96.7 Å². The van der Waals surface area contributed by atoms with E-state index in [1.807, 2.05) is 27.0 Å². The Morgan fingerprint density at radius 3 is 2.38 bits per heavy atom. The van der Waals surface area contributed by atoms with Gasteiger partial charge in [0.1, 0.15) is 11.4 Å². The van der Waals surface area contributed by atoms with Gasteiger partial charge in [0.2, 0.25) is 0 Å². The van der Waals surface area contributed by atoms with Gasteiger partial charge in [0.15, 0.2) is 0 Å². The predicted octanol–water partition coefficient (Wildman–Crippen LogP) is 6.09. The molecule has 0 atom stereocenters. The van der Waals surface area contributed by atoms with E-state index in [0.717, 1.165) is 44.2 Å². The second-order valence-corrected chi connectivity index (χ2v) is 12.7. The van der Waals surface area contributed by atoms with Crippen molar-refractivity contribution in [1.29, 1.82) is 0 Å². The molecule has 7 nitrogen and oxygen atoms in total. The van der Waals surface area contributed by atoms with Crippen molar-refractivity contribution in [3.8, 4) is 11.3 Å². The molecule has 0 saturated carbocycles. The van der Waals surface area contributed by atoms with Crippen molar-refractivity contribution in [3.63, 3.8) is 0 Å². The molecule has 0 spiro atoms. The molecule has 3 aromatic rings. The summed E-state index contributed by atoms with van der Waals surface area (Å²) < 4.78 is 19.0. The maximum atomic E-state index is 12.7. The molecular weight excluding hydrogens is 580 g/mol. The number of imidazole rings is 1. The van der Waals surface area contributed by atoms with Crippen LogP contribution in [0.5, 0.6) is 0 Å². The first kappa shape index (κ1) is 27.9. The SMILES string of the molecule is CC(C)(C)OC(=O)N(CCCI)Cc1ncc(-c2ccc3cc(B4OC(C)(C)C(C)(C)O4)ccc3c2)[nH]1. The monoisotopic (exact) mass is 617 g/mol. The highest BCUT2D eigenvalue weighted by atomic mass is 127. The molecule has 37 heavy (non-hydrogen) atoms. The van der Waals surface area contributed by atoms with Crippen LogP contribution >= 0.6 is 22.6 Å². The van der Waals surface area contributed by atoms with Gasteiger partial charge in [0.25, 0.3) is 0 Å². The Hall–Kier alpha value is -2.11. The molecule has 1 N–H and O–H groups in total. The van der Waals surface area contributed by atoms with Crippen molar-refractivity contribution in [2.45, 2.75) is 78.2 Å². The number of H-pyrrole nitrogens is 1. The van der Waals surface area contributed by atoms with Gasteiger partial charge in [-0.25, -0.2) is 9.78 Å². The molecule has 1 aromatic heterocycles. The first-order chi connectivity index (χ1) is 17.3. The molecule has 2 heterocycles. The van der Waals surface area contributed by atoms with Crippen molar-refractivity contribution >= 4 is 52.0 Å². The van der Waals surface area contributed by atoms with Crippen LogP contribution in [0.3, 0.4) is 0 Å². The normalized spacial score (nSPS) is 16.8. The highest BCUT2D eigenvalue weighted by Gasteiger charge is 2.51. The van der Waals surface area contributed by atoms with Crippen molar-refractivity contribution in [1.82, 2.24) is 14.9 Å². The summed E-state index contributed by atoms with van der Waals surface area (Å²) in [4.78, 5) is 22.4. The van der Waals surface area contributed by atoms with Crippen LogP contribution in [0.1, 0.15) is 60.7 Å². The minimum atomic E-state index is -0.540. The van der Waals surface area contributed by atoms with Gasteiger partial charge in [-0.15, -0.1) is 0 Å². The Labute approximate surface area is 233 Å². The molecule has 1 amide bonds. The van der Waals surface area contributed by atoms with Gasteiger partial charge in [0, 0.05) is 16.5 Å². The van der Waals surface area contributed by atoms with Crippen molar-refractivity contribution in [2.24, 2.45) is 0 Å². The lowest BCUT2D eigenvalue weighted by Gasteiger charge is -2.32.